The normalized spacial score (nSPS) is 12.2. The number of hydrogen-bond donors (Lipinski definition) is 2. The van der Waals surface area contributed by atoms with E-state index in [9.17, 15) is 5.11 Å². The van der Waals surface area contributed by atoms with Crippen LogP contribution in [0.1, 0.15) is 18.5 Å². The molecule has 0 aliphatic carbocycles. The van der Waals surface area contributed by atoms with Crippen LogP contribution in [0.15, 0.2) is 51.4 Å². The zero-order valence-corrected chi connectivity index (χ0v) is 13.0. The molecule has 2 N–H and O–H groups in total. The van der Waals surface area contributed by atoms with Gasteiger partial charge in [0.2, 0.25) is 0 Å². The molecular formula is C14H13Br2NO. The maximum absolute atomic E-state index is 9.81. The molecule has 2 aromatic carbocycles. The number of para-hydroxylation sites is 1. The number of phenolic OH excluding ortho intramolecular Hbond substituents is 1. The molecule has 0 aromatic heterocycles. The molecule has 0 saturated carbocycles. The molecule has 2 aromatic rings. The fraction of sp³-hybridized carbons (Fsp3) is 0.143. The molecule has 0 aliphatic rings. The molecule has 94 valence electrons. The lowest BCUT2D eigenvalue weighted by atomic mass is 10.1. The Bertz CT molecular complexity index is 557. The molecule has 0 amide bonds. The number of halogens is 2. The quantitative estimate of drug-likeness (QED) is 0.788. The molecule has 0 fully saturated rings. The van der Waals surface area contributed by atoms with Gasteiger partial charge in [0, 0.05) is 20.2 Å². The summed E-state index contributed by atoms with van der Waals surface area (Å²) >= 11 is 6.93. The van der Waals surface area contributed by atoms with Gasteiger partial charge in [0.25, 0.3) is 0 Å². The van der Waals surface area contributed by atoms with Crippen LogP contribution in [0.5, 0.6) is 5.75 Å². The van der Waals surface area contributed by atoms with Gasteiger partial charge in [-0.2, -0.15) is 0 Å². The monoisotopic (exact) mass is 369 g/mol. The number of anilines is 1. The van der Waals surface area contributed by atoms with Crippen molar-refractivity contribution in [3.63, 3.8) is 0 Å². The summed E-state index contributed by atoms with van der Waals surface area (Å²) in [7, 11) is 0. The summed E-state index contributed by atoms with van der Waals surface area (Å²) in [6, 6.07) is 13.3. The Kier molecular flexibility index (Phi) is 4.30. The van der Waals surface area contributed by atoms with Crippen molar-refractivity contribution >= 4 is 37.5 Å². The van der Waals surface area contributed by atoms with Crippen molar-refractivity contribution in [2.75, 3.05) is 5.32 Å². The topological polar surface area (TPSA) is 32.3 Å². The maximum Gasteiger partial charge on any atom is 0.120 e. The van der Waals surface area contributed by atoms with E-state index in [-0.39, 0.29) is 6.04 Å². The number of benzene rings is 2. The Balaban J connectivity index is 2.21. The summed E-state index contributed by atoms with van der Waals surface area (Å²) in [5.74, 6) is 0.311. The lowest BCUT2D eigenvalue weighted by Crippen LogP contribution is -2.07. The number of aromatic hydroxyl groups is 1. The fourth-order valence-corrected chi connectivity index (χ4v) is 2.93. The van der Waals surface area contributed by atoms with Gasteiger partial charge < -0.3 is 10.4 Å². The minimum Gasteiger partial charge on any atom is -0.508 e. The van der Waals surface area contributed by atoms with E-state index in [4.69, 9.17) is 0 Å². The molecule has 0 aliphatic heterocycles. The van der Waals surface area contributed by atoms with Crippen LogP contribution in [-0.4, -0.2) is 5.11 Å². The summed E-state index contributed by atoms with van der Waals surface area (Å²) in [4.78, 5) is 0. The minimum absolute atomic E-state index is 0.0312. The zero-order valence-electron chi connectivity index (χ0n) is 9.82. The largest absolute Gasteiger partial charge is 0.508 e. The number of phenols is 1. The predicted molar refractivity (Wildman–Crippen MR) is 82.0 cm³/mol. The Morgan fingerprint density at radius 2 is 1.83 bits per heavy atom. The molecular weight excluding hydrogens is 358 g/mol. The average molecular weight is 371 g/mol. The smallest absolute Gasteiger partial charge is 0.120 e. The third-order valence-corrected chi connectivity index (χ3v) is 3.86. The Morgan fingerprint density at radius 3 is 2.50 bits per heavy atom. The number of hydrogen-bond acceptors (Lipinski definition) is 2. The second-order valence-corrected chi connectivity index (χ2v) is 5.82. The molecule has 1 unspecified atom stereocenters. The van der Waals surface area contributed by atoms with Gasteiger partial charge in [-0.05, 0) is 47.1 Å². The maximum atomic E-state index is 9.81. The van der Waals surface area contributed by atoms with Gasteiger partial charge in [-0.15, -0.1) is 0 Å². The van der Waals surface area contributed by atoms with Crippen LogP contribution in [-0.2, 0) is 0 Å². The minimum atomic E-state index is 0.0312. The Labute approximate surface area is 123 Å². The predicted octanol–water partition coefficient (Wildman–Crippen LogP) is 5.09. The van der Waals surface area contributed by atoms with Crippen LogP contribution in [0.2, 0.25) is 0 Å². The van der Waals surface area contributed by atoms with E-state index in [0.717, 1.165) is 20.2 Å². The van der Waals surface area contributed by atoms with Gasteiger partial charge in [-0.3, -0.25) is 0 Å². The summed E-state index contributed by atoms with van der Waals surface area (Å²) in [6.45, 7) is 2.02. The van der Waals surface area contributed by atoms with Crippen molar-refractivity contribution in [3.05, 3.63) is 57.0 Å². The summed E-state index contributed by atoms with van der Waals surface area (Å²) in [6.07, 6.45) is 0. The van der Waals surface area contributed by atoms with Crippen LogP contribution in [0.25, 0.3) is 0 Å². The highest BCUT2D eigenvalue weighted by Gasteiger charge is 2.10. The Morgan fingerprint density at radius 1 is 1.11 bits per heavy atom. The third kappa shape index (κ3) is 3.06. The summed E-state index contributed by atoms with van der Waals surface area (Å²) < 4.78 is 2.01. The van der Waals surface area contributed by atoms with E-state index in [1.165, 1.54) is 0 Å². The number of rotatable bonds is 3. The van der Waals surface area contributed by atoms with Gasteiger partial charge in [0.1, 0.15) is 5.75 Å². The van der Waals surface area contributed by atoms with Crippen LogP contribution < -0.4 is 5.32 Å². The molecule has 0 spiro atoms. The van der Waals surface area contributed by atoms with E-state index < -0.39 is 0 Å². The molecule has 2 nitrogen and oxygen atoms in total. The van der Waals surface area contributed by atoms with Crippen LogP contribution in [0.4, 0.5) is 5.69 Å². The highest BCUT2D eigenvalue weighted by Crippen LogP contribution is 2.31. The van der Waals surface area contributed by atoms with Crippen molar-refractivity contribution in [1.82, 2.24) is 0 Å². The lowest BCUT2D eigenvalue weighted by molar-refractivity contribution is 0.465. The summed E-state index contributed by atoms with van der Waals surface area (Å²) in [5, 5.41) is 13.2. The first kappa shape index (κ1) is 13.4. The fourth-order valence-electron chi connectivity index (χ4n) is 1.77. The molecule has 0 saturated heterocycles. The van der Waals surface area contributed by atoms with Gasteiger partial charge in [0.05, 0.1) is 6.04 Å². The molecule has 0 radical (unpaired) electrons. The van der Waals surface area contributed by atoms with Gasteiger partial charge in [-0.25, -0.2) is 0 Å². The molecule has 2 rings (SSSR count). The van der Waals surface area contributed by atoms with E-state index in [0.29, 0.717) is 5.75 Å². The Hall–Kier alpha value is -1.00. The van der Waals surface area contributed by atoms with E-state index >= 15 is 0 Å². The van der Waals surface area contributed by atoms with Crippen LogP contribution in [0.3, 0.4) is 0 Å². The van der Waals surface area contributed by atoms with Crippen molar-refractivity contribution < 1.29 is 5.11 Å². The van der Waals surface area contributed by atoms with Crippen molar-refractivity contribution in [2.24, 2.45) is 0 Å². The second-order valence-electron chi connectivity index (χ2n) is 4.05. The SMILES string of the molecule is CC(Nc1ccc(Br)cc1Br)c1ccccc1O. The highest BCUT2D eigenvalue weighted by atomic mass is 79.9. The zero-order chi connectivity index (χ0) is 13.1. The lowest BCUT2D eigenvalue weighted by Gasteiger charge is -2.18. The number of nitrogens with one attached hydrogen (secondary N) is 1. The molecule has 0 heterocycles. The summed E-state index contributed by atoms with van der Waals surface area (Å²) in [5.41, 5.74) is 1.88. The first-order valence-corrected chi connectivity index (χ1v) is 7.16. The van der Waals surface area contributed by atoms with Crippen LogP contribution in [0, 0.1) is 0 Å². The molecule has 0 bridgehead atoms. The van der Waals surface area contributed by atoms with Crippen molar-refractivity contribution in [2.45, 2.75) is 13.0 Å². The molecule has 4 heteroatoms. The van der Waals surface area contributed by atoms with E-state index in [1.54, 1.807) is 6.07 Å². The van der Waals surface area contributed by atoms with Crippen molar-refractivity contribution in [3.8, 4) is 5.75 Å². The first-order chi connectivity index (χ1) is 8.58. The second kappa shape index (κ2) is 5.76. The van der Waals surface area contributed by atoms with Crippen LogP contribution >= 0.6 is 31.9 Å². The highest BCUT2D eigenvalue weighted by molar-refractivity contribution is 9.11. The van der Waals surface area contributed by atoms with Gasteiger partial charge in [-0.1, -0.05) is 34.1 Å². The average Bonchev–Trinajstić information content (AvgIpc) is 2.33. The van der Waals surface area contributed by atoms with Gasteiger partial charge >= 0.3 is 0 Å². The third-order valence-electron chi connectivity index (χ3n) is 2.71. The standard InChI is InChI=1S/C14H13Br2NO/c1-9(11-4-2-3-5-14(11)18)17-13-7-6-10(15)8-12(13)16/h2-9,17-18H,1H3. The van der Waals surface area contributed by atoms with Gasteiger partial charge in [0.15, 0.2) is 0 Å². The molecule has 1 atom stereocenters. The first-order valence-electron chi connectivity index (χ1n) is 5.57. The molecule has 18 heavy (non-hydrogen) atoms. The van der Waals surface area contributed by atoms with E-state index in [1.807, 2.05) is 43.3 Å². The van der Waals surface area contributed by atoms with Crippen molar-refractivity contribution in [1.29, 1.82) is 0 Å². The van der Waals surface area contributed by atoms with E-state index in [2.05, 4.69) is 37.2 Å².